The second kappa shape index (κ2) is 7.47. The average Bonchev–Trinajstić information content (AvgIpc) is 2.55. The standard InChI is InChI=1S/C15H12FN3O4S/c1-23-13-7-6-11(19(21)22)8-12(13)17-15(24)18-14(20)9-2-4-10(16)5-3-9/h2-8H,1H3,(H2,17,18,20,24). The van der Waals surface area contributed by atoms with Gasteiger partial charge < -0.3 is 10.1 Å². The van der Waals surface area contributed by atoms with E-state index in [1.165, 1.54) is 37.4 Å². The third-order valence-electron chi connectivity index (χ3n) is 2.98. The van der Waals surface area contributed by atoms with Gasteiger partial charge in [-0.1, -0.05) is 0 Å². The van der Waals surface area contributed by atoms with E-state index in [2.05, 4.69) is 10.6 Å². The number of ether oxygens (including phenoxy) is 1. The summed E-state index contributed by atoms with van der Waals surface area (Å²) in [5.74, 6) is -0.690. The lowest BCUT2D eigenvalue weighted by Gasteiger charge is -2.12. The van der Waals surface area contributed by atoms with Gasteiger partial charge in [0.15, 0.2) is 5.11 Å². The van der Waals surface area contributed by atoms with Crippen molar-refractivity contribution >= 4 is 34.6 Å². The minimum absolute atomic E-state index is 0.0804. The van der Waals surface area contributed by atoms with Crippen molar-refractivity contribution in [1.29, 1.82) is 0 Å². The summed E-state index contributed by atoms with van der Waals surface area (Å²) in [5.41, 5.74) is 0.286. The maximum Gasteiger partial charge on any atom is 0.271 e. The Morgan fingerprint density at radius 1 is 1.25 bits per heavy atom. The van der Waals surface area contributed by atoms with Crippen molar-refractivity contribution in [2.24, 2.45) is 0 Å². The molecule has 0 saturated carbocycles. The molecule has 7 nitrogen and oxygen atoms in total. The number of hydrogen-bond donors (Lipinski definition) is 2. The van der Waals surface area contributed by atoms with Crippen LogP contribution < -0.4 is 15.4 Å². The van der Waals surface area contributed by atoms with E-state index in [0.717, 1.165) is 12.1 Å². The zero-order valence-electron chi connectivity index (χ0n) is 12.4. The summed E-state index contributed by atoms with van der Waals surface area (Å²) in [6.07, 6.45) is 0. The second-order valence-corrected chi connectivity index (χ2v) is 4.97. The van der Waals surface area contributed by atoms with Gasteiger partial charge in [0.1, 0.15) is 11.6 Å². The highest BCUT2D eigenvalue weighted by molar-refractivity contribution is 7.80. The number of thiocarbonyl (C=S) groups is 1. The van der Waals surface area contributed by atoms with Gasteiger partial charge in [0.2, 0.25) is 0 Å². The number of halogens is 1. The predicted octanol–water partition coefficient (Wildman–Crippen LogP) is 2.87. The molecule has 0 spiro atoms. The number of nitro groups is 1. The Morgan fingerprint density at radius 2 is 1.92 bits per heavy atom. The summed E-state index contributed by atoms with van der Waals surface area (Å²) in [4.78, 5) is 22.3. The van der Waals surface area contributed by atoms with E-state index in [1.807, 2.05) is 0 Å². The zero-order chi connectivity index (χ0) is 17.7. The van der Waals surface area contributed by atoms with Crippen LogP contribution in [0.25, 0.3) is 0 Å². The summed E-state index contributed by atoms with van der Waals surface area (Å²) in [7, 11) is 1.40. The molecule has 0 radical (unpaired) electrons. The highest BCUT2D eigenvalue weighted by atomic mass is 32.1. The average molecular weight is 349 g/mol. The van der Waals surface area contributed by atoms with Gasteiger partial charge in [-0.25, -0.2) is 4.39 Å². The normalized spacial score (nSPS) is 9.92. The van der Waals surface area contributed by atoms with Crippen LogP contribution in [-0.2, 0) is 0 Å². The van der Waals surface area contributed by atoms with E-state index in [9.17, 15) is 19.3 Å². The van der Waals surface area contributed by atoms with Crippen molar-refractivity contribution < 1.29 is 18.8 Å². The first-order valence-electron chi connectivity index (χ1n) is 6.61. The molecule has 0 aliphatic rings. The summed E-state index contributed by atoms with van der Waals surface area (Å²) >= 11 is 5.01. The van der Waals surface area contributed by atoms with E-state index in [4.69, 9.17) is 17.0 Å². The molecule has 0 aromatic heterocycles. The highest BCUT2D eigenvalue weighted by Gasteiger charge is 2.14. The molecular weight excluding hydrogens is 337 g/mol. The number of amides is 1. The van der Waals surface area contributed by atoms with Crippen molar-refractivity contribution in [2.45, 2.75) is 0 Å². The number of hydrogen-bond acceptors (Lipinski definition) is 5. The van der Waals surface area contributed by atoms with Crippen molar-refractivity contribution in [3.8, 4) is 5.75 Å². The van der Waals surface area contributed by atoms with Crippen molar-refractivity contribution in [2.75, 3.05) is 12.4 Å². The van der Waals surface area contributed by atoms with Crippen molar-refractivity contribution in [3.05, 3.63) is 64.0 Å². The van der Waals surface area contributed by atoms with Gasteiger partial charge in [0.25, 0.3) is 11.6 Å². The highest BCUT2D eigenvalue weighted by Crippen LogP contribution is 2.28. The fraction of sp³-hybridized carbons (Fsp3) is 0.0667. The third-order valence-corrected chi connectivity index (χ3v) is 3.18. The maximum absolute atomic E-state index is 12.8. The van der Waals surface area contributed by atoms with Crippen LogP contribution in [0.2, 0.25) is 0 Å². The number of benzene rings is 2. The number of non-ortho nitro benzene ring substituents is 1. The van der Waals surface area contributed by atoms with Crippen LogP contribution in [0.4, 0.5) is 15.8 Å². The molecule has 0 unspecified atom stereocenters. The smallest absolute Gasteiger partial charge is 0.271 e. The van der Waals surface area contributed by atoms with Crippen LogP contribution >= 0.6 is 12.2 Å². The third kappa shape index (κ3) is 4.23. The number of carbonyl (C=O) groups is 1. The number of anilines is 1. The lowest BCUT2D eigenvalue weighted by Crippen LogP contribution is -2.34. The molecule has 2 aromatic carbocycles. The van der Waals surface area contributed by atoms with E-state index >= 15 is 0 Å². The van der Waals surface area contributed by atoms with Crippen LogP contribution in [0, 0.1) is 15.9 Å². The van der Waals surface area contributed by atoms with Gasteiger partial charge in [-0.2, -0.15) is 0 Å². The predicted molar refractivity (Wildman–Crippen MR) is 89.7 cm³/mol. The summed E-state index contributed by atoms with van der Waals surface area (Å²) in [6, 6.07) is 8.83. The van der Waals surface area contributed by atoms with Gasteiger partial charge in [-0.3, -0.25) is 20.2 Å². The van der Waals surface area contributed by atoms with Gasteiger partial charge >= 0.3 is 0 Å². The Kier molecular flexibility index (Phi) is 5.38. The number of rotatable bonds is 4. The quantitative estimate of drug-likeness (QED) is 0.501. The molecule has 9 heteroatoms. The molecule has 24 heavy (non-hydrogen) atoms. The molecule has 0 saturated heterocycles. The lowest BCUT2D eigenvalue weighted by molar-refractivity contribution is -0.384. The largest absolute Gasteiger partial charge is 0.495 e. The molecule has 0 heterocycles. The number of nitro benzene ring substituents is 1. The molecule has 0 bridgehead atoms. The number of carbonyl (C=O) groups excluding carboxylic acids is 1. The Labute approximate surface area is 141 Å². The molecule has 2 rings (SSSR count). The molecule has 0 aliphatic carbocycles. The van der Waals surface area contributed by atoms with Crippen LogP contribution in [0.3, 0.4) is 0 Å². The SMILES string of the molecule is COc1ccc([N+](=O)[O-])cc1NC(=S)NC(=O)c1ccc(F)cc1. The minimum Gasteiger partial charge on any atom is -0.495 e. The first-order chi connectivity index (χ1) is 11.4. The molecular formula is C15H12FN3O4S. The number of nitrogens with one attached hydrogen (secondary N) is 2. The van der Waals surface area contributed by atoms with E-state index in [1.54, 1.807) is 0 Å². The second-order valence-electron chi connectivity index (χ2n) is 4.56. The van der Waals surface area contributed by atoms with Crippen LogP contribution in [0.5, 0.6) is 5.75 Å². The molecule has 0 atom stereocenters. The fourth-order valence-corrected chi connectivity index (χ4v) is 2.04. The number of methoxy groups -OCH3 is 1. The molecule has 124 valence electrons. The Hall–Kier alpha value is -3.07. The first kappa shape index (κ1) is 17.3. The summed E-state index contributed by atoms with van der Waals surface area (Å²) in [6.45, 7) is 0. The fourth-order valence-electron chi connectivity index (χ4n) is 1.84. The van der Waals surface area contributed by atoms with Crippen LogP contribution in [0.1, 0.15) is 10.4 Å². The molecule has 1 amide bonds. The summed E-state index contributed by atoms with van der Waals surface area (Å²) in [5, 5.41) is 15.8. The minimum atomic E-state index is -0.565. The molecule has 0 aliphatic heterocycles. The van der Waals surface area contributed by atoms with Gasteiger partial charge in [0.05, 0.1) is 17.7 Å². The van der Waals surface area contributed by atoms with E-state index < -0.39 is 16.6 Å². The Morgan fingerprint density at radius 3 is 2.50 bits per heavy atom. The maximum atomic E-state index is 12.8. The Bertz CT molecular complexity index is 796. The Balaban J connectivity index is 2.11. The first-order valence-corrected chi connectivity index (χ1v) is 7.02. The molecule has 0 fully saturated rings. The topological polar surface area (TPSA) is 93.5 Å². The number of nitrogens with zero attached hydrogens (tertiary/aromatic N) is 1. The summed E-state index contributed by atoms with van der Waals surface area (Å²) < 4.78 is 17.9. The van der Waals surface area contributed by atoms with Crippen molar-refractivity contribution in [3.63, 3.8) is 0 Å². The van der Waals surface area contributed by atoms with E-state index in [0.29, 0.717) is 5.75 Å². The molecule has 2 N–H and O–H groups in total. The van der Waals surface area contributed by atoms with Crippen LogP contribution in [0.15, 0.2) is 42.5 Å². The lowest BCUT2D eigenvalue weighted by atomic mass is 10.2. The van der Waals surface area contributed by atoms with Gasteiger partial charge in [-0.05, 0) is 42.5 Å². The van der Waals surface area contributed by atoms with Gasteiger partial charge in [0, 0.05) is 17.7 Å². The van der Waals surface area contributed by atoms with Crippen molar-refractivity contribution in [1.82, 2.24) is 5.32 Å². The monoisotopic (exact) mass is 349 g/mol. The zero-order valence-corrected chi connectivity index (χ0v) is 13.2. The van der Waals surface area contributed by atoms with E-state index in [-0.39, 0.29) is 22.1 Å². The van der Waals surface area contributed by atoms with Gasteiger partial charge in [-0.15, -0.1) is 0 Å². The van der Waals surface area contributed by atoms with Crippen LogP contribution in [-0.4, -0.2) is 23.1 Å². The molecule has 2 aromatic rings.